The molecular weight excluding hydrogens is 202 g/mol. The Bertz CT molecular complexity index is 461. The van der Waals surface area contributed by atoms with Gasteiger partial charge in [-0.25, -0.2) is 4.99 Å². The highest BCUT2D eigenvalue weighted by atomic mass is 16.1. The van der Waals surface area contributed by atoms with Gasteiger partial charge in [-0.3, -0.25) is 4.79 Å². The molecule has 3 rings (SSSR count). The molecule has 2 aliphatic rings. The van der Waals surface area contributed by atoms with Crippen molar-refractivity contribution in [1.29, 1.82) is 0 Å². The highest BCUT2D eigenvalue weighted by molar-refractivity contribution is 6.13. The summed E-state index contributed by atoms with van der Waals surface area (Å²) in [6, 6.07) is 5.99. The molecule has 1 N–H and O–H groups in total. The number of nitrogens with one attached hydrogen (secondary N) is 1. The third-order valence-corrected chi connectivity index (χ3v) is 3.07. The summed E-state index contributed by atoms with van der Waals surface area (Å²) in [5.41, 5.74) is 2.79. The molecule has 1 amide bonds. The van der Waals surface area contributed by atoms with E-state index in [0.29, 0.717) is 0 Å². The van der Waals surface area contributed by atoms with Crippen molar-refractivity contribution in [2.45, 2.75) is 0 Å². The number of nitrogens with zero attached hydrogens (tertiary/aromatic N) is 2. The average Bonchev–Trinajstić information content (AvgIpc) is 2.72. The smallest absolute Gasteiger partial charge is 0.277 e. The molecule has 0 unspecified atom stereocenters. The van der Waals surface area contributed by atoms with Crippen LogP contribution in [0.4, 0.5) is 5.69 Å². The van der Waals surface area contributed by atoms with E-state index in [9.17, 15) is 4.79 Å². The monoisotopic (exact) mass is 215 g/mol. The van der Waals surface area contributed by atoms with Crippen LogP contribution in [0.2, 0.25) is 0 Å². The molecule has 4 heteroatoms. The van der Waals surface area contributed by atoms with E-state index < -0.39 is 0 Å². The minimum Gasteiger partial charge on any atom is -0.369 e. The van der Waals surface area contributed by atoms with E-state index in [0.717, 1.165) is 43.0 Å². The van der Waals surface area contributed by atoms with Crippen LogP contribution >= 0.6 is 0 Å². The van der Waals surface area contributed by atoms with E-state index in [1.165, 1.54) is 0 Å². The Morgan fingerprint density at radius 3 is 2.88 bits per heavy atom. The summed E-state index contributed by atoms with van der Waals surface area (Å²) in [4.78, 5) is 17.6. The maximum absolute atomic E-state index is 11.5. The lowest BCUT2D eigenvalue weighted by molar-refractivity contribution is 0.101. The van der Waals surface area contributed by atoms with Crippen molar-refractivity contribution in [2.75, 3.05) is 31.1 Å². The Labute approximate surface area is 94.0 Å². The third-order valence-electron chi connectivity index (χ3n) is 3.07. The van der Waals surface area contributed by atoms with Crippen molar-refractivity contribution < 1.29 is 4.79 Å². The second-order valence-corrected chi connectivity index (χ2v) is 4.07. The van der Waals surface area contributed by atoms with Gasteiger partial charge < -0.3 is 10.2 Å². The topological polar surface area (TPSA) is 44.7 Å². The number of amides is 1. The van der Waals surface area contributed by atoms with Crippen molar-refractivity contribution in [3.63, 3.8) is 0 Å². The molecule has 4 nitrogen and oxygen atoms in total. The summed E-state index contributed by atoms with van der Waals surface area (Å²) in [6.07, 6.45) is 1.64. The molecule has 1 aromatic carbocycles. The Kier molecular flexibility index (Phi) is 2.22. The average molecular weight is 215 g/mol. The van der Waals surface area contributed by atoms with Gasteiger partial charge in [0.25, 0.3) is 5.91 Å². The van der Waals surface area contributed by atoms with Crippen LogP contribution in [0.15, 0.2) is 23.2 Å². The maximum Gasteiger partial charge on any atom is 0.277 e. The van der Waals surface area contributed by atoms with Crippen molar-refractivity contribution in [2.24, 2.45) is 4.99 Å². The normalized spacial score (nSPS) is 19.0. The molecule has 16 heavy (non-hydrogen) atoms. The number of rotatable bonds is 1. The summed E-state index contributed by atoms with van der Waals surface area (Å²) >= 11 is 0. The molecule has 1 fully saturated rings. The number of hydrogen-bond donors (Lipinski definition) is 1. The highest BCUT2D eigenvalue weighted by Crippen LogP contribution is 2.22. The van der Waals surface area contributed by atoms with Gasteiger partial charge in [-0.15, -0.1) is 0 Å². The summed E-state index contributed by atoms with van der Waals surface area (Å²) < 4.78 is 0. The summed E-state index contributed by atoms with van der Waals surface area (Å²) in [5.74, 6) is -0.119. The minimum absolute atomic E-state index is 0.119. The van der Waals surface area contributed by atoms with Crippen LogP contribution in [0.3, 0.4) is 0 Å². The van der Waals surface area contributed by atoms with Crippen molar-refractivity contribution in [1.82, 2.24) is 5.32 Å². The molecule has 0 aromatic heterocycles. The molecule has 0 saturated carbocycles. The Morgan fingerprint density at radius 1 is 1.25 bits per heavy atom. The largest absolute Gasteiger partial charge is 0.369 e. The fraction of sp³-hybridized carbons (Fsp3) is 0.333. The zero-order valence-electron chi connectivity index (χ0n) is 8.94. The van der Waals surface area contributed by atoms with Crippen LogP contribution < -0.4 is 10.2 Å². The molecule has 0 radical (unpaired) electrons. The van der Waals surface area contributed by atoms with E-state index in [1.54, 1.807) is 6.21 Å². The number of hydrogen-bond acceptors (Lipinski definition) is 3. The number of benzene rings is 1. The lowest BCUT2D eigenvalue weighted by Crippen LogP contribution is -2.43. The van der Waals surface area contributed by atoms with Crippen LogP contribution in [0.5, 0.6) is 0 Å². The van der Waals surface area contributed by atoms with E-state index >= 15 is 0 Å². The van der Waals surface area contributed by atoms with E-state index in [-0.39, 0.29) is 5.91 Å². The van der Waals surface area contributed by atoms with Crippen molar-refractivity contribution in [3.05, 3.63) is 29.3 Å². The summed E-state index contributed by atoms with van der Waals surface area (Å²) in [6.45, 7) is 3.99. The molecule has 0 spiro atoms. The number of fused-ring (bicyclic) bond motifs is 1. The zero-order chi connectivity index (χ0) is 11.0. The standard InChI is InChI=1S/C12H13N3O/c16-12-11-7-10(2-1-9(11)8-14-12)15-5-3-13-4-6-15/h1-2,7-8,13H,3-6H2. The van der Waals surface area contributed by atoms with Crippen LogP contribution in [-0.2, 0) is 0 Å². The Hall–Kier alpha value is -1.68. The van der Waals surface area contributed by atoms with Crippen LogP contribution in [-0.4, -0.2) is 38.3 Å². The van der Waals surface area contributed by atoms with Crippen LogP contribution in [0.1, 0.15) is 15.9 Å². The fourth-order valence-electron chi connectivity index (χ4n) is 2.16. The minimum atomic E-state index is -0.119. The fourth-order valence-corrected chi connectivity index (χ4v) is 2.16. The van der Waals surface area contributed by atoms with Gasteiger partial charge in [0.1, 0.15) is 0 Å². The SMILES string of the molecule is O=C1N=Cc2ccc(N3CCNCC3)cc21. The van der Waals surface area contributed by atoms with Crippen molar-refractivity contribution in [3.8, 4) is 0 Å². The summed E-state index contributed by atoms with van der Waals surface area (Å²) in [5, 5.41) is 3.31. The van der Waals surface area contributed by atoms with E-state index in [1.807, 2.05) is 12.1 Å². The molecular formula is C12H13N3O. The molecule has 1 saturated heterocycles. The predicted octanol–water partition coefficient (Wildman–Crippen LogP) is 0.669. The van der Waals surface area contributed by atoms with Gasteiger partial charge >= 0.3 is 0 Å². The first kappa shape index (κ1) is 9.54. The number of anilines is 1. The lowest BCUT2D eigenvalue weighted by Gasteiger charge is -2.29. The first-order valence-electron chi connectivity index (χ1n) is 5.53. The number of carbonyl (C=O) groups excluding carboxylic acids is 1. The van der Waals surface area contributed by atoms with Crippen molar-refractivity contribution >= 4 is 17.8 Å². The lowest BCUT2D eigenvalue weighted by atomic mass is 10.1. The van der Waals surface area contributed by atoms with E-state index in [4.69, 9.17) is 0 Å². The second kappa shape index (κ2) is 3.72. The molecule has 0 bridgehead atoms. The number of piperazine rings is 1. The van der Waals surface area contributed by atoms with Gasteiger partial charge in [0.05, 0.1) is 5.56 Å². The van der Waals surface area contributed by atoms with Gasteiger partial charge in [0.2, 0.25) is 0 Å². The number of carbonyl (C=O) groups is 1. The first-order valence-corrected chi connectivity index (χ1v) is 5.53. The van der Waals surface area contributed by atoms with Gasteiger partial charge in [-0.2, -0.15) is 0 Å². The van der Waals surface area contributed by atoms with Crippen LogP contribution in [0, 0.1) is 0 Å². The molecule has 82 valence electrons. The zero-order valence-corrected chi connectivity index (χ0v) is 8.94. The Morgan fingerprint density at radius 2 is 2.06 bits per heavy atom. The quantitative estimate of drug-likeness (QED) is 0.749. The second-order valence-electron chi connectivity index (χ2n) is 4.07. The Balaban J connectivity index is 1.92. The van der Waals surface area contributed by atoms with Gasteiger partial charge in [0.15, 0.2) is 0 Å². The van der Waals surface area contributed by atoms with Gasteiger partial charge in [-0.1, -0.05) is 6.07 Å². The maximum atomic E-state index is 11.5. The van der Waals surface area contributed by atoms with Crippen LogP contribution in [0.25, 0.3) is 0 Å². The highest BCUT2D eigenvalue weighted by Gasteiger charge is 2.18. The molecule has 2 heterocycles. The predicted molar refractivity (Wildman–Crippen MR) is 63.4 cm³/mol. The van der Waals surface area contributed by atoms with E-state index in [2.05, 4.69) is 21.3 Å². The molecule has 2 aliphatic heterocycles. The molecule has 0 aliphatic carbocycles. The molecule has 0 atom stereocenters. The summed E-state index contributed by atoms with van der Waals surface area (Å²) in [7, 11) is 0. The van der Waals surface area contributed by atoms with Gasteiger partial charge in [0, 0.05) is 43.6 Å². The first-order chi connectivity index (χ1) is 7.84. The number of aliphatic imine (C=N–C) groups is 1. The van der Waals surface area contributed by atoms with Gasteiger partial charge in [-0.05, 0) is 12.1 Å². The molecule has 1 aromatic rings. The third kappa shape index (κ3) is 1.51.